The van der Waals surface area contributed by atoms with Crippen LogP contribution in [-0.4, -0.2) is 14.3 Å². The summed E-state index contributed by atoms with van der Waals surface area (Å²) >= 11 is 5.65. The van der Waals surface area contributed by atoms with Crippen LogP contribution in [0.15, 0.2) is 41.3 Å². The second-order valence-electron chi connectivity index (χ2n) is 4.81. The second-order valence-corrected chi connectivity index (χ2v) is 6.75. The van der Waals surface area contributed by atoms with Crippen LogP contribution in [0.1, 0.15) is 22.8 Å². The third-order valence-electron chi connectivity index (χ3n) is 3.19. The molecule has 2 aromatic carbocycles. The molecule has 0 saturated carbocycles. The van der Waals surface area contributed by atoms with Gasteiger partial charge in [-0.25, -0.2) is 17.9 Å². The molecule has 0 fully saturated rings. The minimum atomic E-state index is -4.17. The lowest BCUT2D eigenvalue weighted by atomic mass is 10.1. The van der Waals surface area contributed by atoms with E-state index in [4.69, 9.17) is 16.7 Å². The summed E-state index contributed by atoms with van der Waals surface area (Å²) < 4.78 is 36.7. The zero-order valence-electron chi connectivity index (χ0n) is 12.1. The summed E-state index contributed by atoms with van der Waals surface area (Å²) in [6.07, 6.45) is 0.845. The summed E-state index contributed by atoms with van der Waals surface area (Å²) in [5.41, 5.74) is 1.08. The molecule has 5 nitrogen and oxygen atoms in total. The third-order valence-corrected chi connectivity index (χ3v) is 4.57. The van der Waals surface area contributed by atoms with Crippen LogP contribution in [0.25, 0.3) is 0 Å². The van der Waals surface area contributed by atoms with Gasteiger partial charge in [0.05, 0.1) is 10.6 Å². The molecule has 0 aromatic heterocycles. The number of hydrogen-bond acceptors (Lipinski definition) is 3. The fourth-order valence-electron chi connectivity index (χ4n) is 1.94. The van der Waals surface area contributed by atoms with Gasteiger partial charge >= 0.3 is 0 Å². The van der Waals surface area contributed by atoms with Gasteiger partial charge < -0.3 is 5.32 Å². The first-order chi connectivity index (χ1) is 10.7. The Morgan fingerprint density at radius 3 is 2.39 bits per heavy atom. The van der Waals surface area contributed by atoms with Crippen LogP contribution in [0.5, 0.6) is 0 Å². The van der Waals surface area contributed by atoms with Crippen LogP contribution in [0, 0.1) is 5.82 Å². The van der Waals surface area contributed by atoms with Crippen molar-refractivity contribution in [1.29, 1.82) is 0 Å². The Labute approximate surface area is 138 Å². The van der Waals surface area contributed by atoms with Gasteiger partial charge in [0, 0.05) is 5.69 Å². The van der Waals surface area contributed by atoms with E-state index in [1.165, 1.54) is 0 Å². The number of rotatable bonds is 4. The van der Waals surface area contributed by atoms with E-state index in [9.17, 15) is 17.6 Å². The number of amides is 1. The molecule has 0 atom stereocenters. The third kappa shape index (κ3) is 4.07. The van der Waals surface area contributed by atoms with Gasteiger partial charge in [0.1, 0.15) is 10.7 Å². The maximum atomic E-state index is 13.9. The van der Waals surface area contributed by atoms with Crippen molar-refractivity contribution in [1.82, 2.24) is 0 Å². The molecular formula is C15H14ClFN2O3S. The van der Waals surface area contributed by atoms with Crippen molar-refractivity contribution < 1.29 is 17.6 Å². The number of sulfonamides is 1. The lowest BCUT2D eigenvalue weighted by Gasteiger charge is -2.09. The molecule has 23 heavy (non-hydrogen) atoms. The van der Waals surface area contributed by atoms with E-state index in [1.54, 1.807) is 12.1 Å². The van der Waals surface area contributed by atoms with Crippen LogP contribution >= 0.6 is 11.6 Å². The van der Waals surface area contributed by atoms with Crippen molar-refractivity contribution in [2.24, 2.45) is 5.14 Å². The monoisotopic (exact) mass is 356 g/mol. The van der Waals surface area contributed by atoms with Crippen molar-refractivity contribution in [3.63, 3.8) is 0 Å². The van der Waals surface area contributed by atoms with E-state index in [2.05, 4.69) is 5.32 Å². The maximum absolute atomic E-state index is 13.9. The fourth-order valence-corrected chi connectivity index (χ4v) is 3.03. The van der Waals surface area contributed by atoms with Crippen molar-refractivity contribution in [2.45, 2.75) is 18.2 Å². The van der Waals surface area contributed by atoms with E-state index < -0.39 is 32.2 Å². The largest absolute Gasteiger partial charge is 0.322 e. The normalized spacial score (nSPS) is 11.3. The molecule has 0 saturated heterocycles. The molecule has 1 amide bonds. The molecule has 0 bridgehead atoms. The highest BCUT2D eigenvalue weighted by molar-refractivity contribution is 7.89. The molecule has 3 N–H and O–H groups in total. The minimum absolute atomic E-state index is 0.381. The van der Waals surface area contributed by atoms with Crippen molar-refractivity contribution in [3.8, 4) is 0 Å². The molecule has 0 heterocycles. The second kappa shape index (κ2) is 6.66. The van der Waals surface area contributed by atoms with E-state index in [-0.39, 0.29) is 5.02 Å². The molecule has 0 radical (unpaired) electrons. The molecular weight excluding hydrogens is 343 g/mol. The van der Waals surface area contributed by atoms with Gasteiger partial charge in [-0.1, -0.05) is 30.7 Å². The minimum Gasteiger partial charge on any atom is -0.322 e. The van der Waals surface area contributed by atoms with Crippen molar-refractivity contribution >= 4 is 33.2 Å². The highest BCUT2D eigenvalue weighted by Crippen LogP contribution is 2.25. The van der Waals surface area contributed by atoms with E-state index in [0.717, 1.165) is 24.1 Å². The summed E-state index contributed by atoms with van der Waals surface area (Å²) in [5, 5.41) is 7.10. The molecule has 8 heteroatoms. The highest BCUT2D eigenvalue weighted by Gasteiger charge is 2.20. The number of carbonyl (C=O) groups is 1. The summed E-state index contributed by atoms with van der Waals surface area (Å²) in [4.78, 5) is 11.6. The number of nitrogens with one attached hydrogen (secondary N) is 1. The first-order valence-corrected chi connectivity index (χ1v) is 8.57. The smallest absolute Gasteiger partial charge is 0.258 e. The molecule has 2 aromatic rings. The number of primary sulfonamides is 1. The van der Waals surface area contributed by atoms with Crippen LogP contribution < -0.4 is 10.5 Å². The predicted molar refractivity (Wildman–Crippen MR) is 86.6 cm³/mol. The quantitative estimate of drug-likeness (QED) is 0.882. The topological polar surface area (TPSA) is 89.3 Å². The van der Waals surface area contributed by atoms with Gasteiger partial charge in [-0.15, -0.1) is 0 Å². The van der Waals surface area contributed by atoms with Gasteiger partial charge in [-0.05, 0) is 36.2 Å². The predicted octanol–water partition coefficient (Wildman–Crippen LogP) is 2.94. The summed E-state index contributed by atoms with van der Waals surface area (Å²) in [6.45, 7) is 1.99. The Morgan fingerprint density at radius 2 is 1.87 bits per heavy atom. The average molecular weight is 357 g/mol. The van der Waals surface area contributed by atoms with Gasteiger partial charge in [0.2, 0.25) is 10.0 Å². The number of carbonyl (C=O) groups excluding carboxylic acids is 1. The Hall–Kier alpha value is -1.96. The number of benzene rings is 2. The molecule has 2 rings (SSSR count). The molecule has 0 spiro atoms. The number of anilines is 1. The van der Waals surface area contributed by atoms with Crippen LogP contribution in [0.4, 0.5) is 10.1 Å². The Bertz CT molecular complexity index is 852. The SMILES string of the molecule is CCc1ccc(NC(=O)c2cc(S(N)(=O)=O)c(Cl)cc2F)cc1. The van der Waals surface area contributed by atoms with Gasteiger partial charge in [0.25, 0.3) is 5.91 Å². The van der Waals surface area contributed by atoms with Gasteiger partial charge in [-0.2, -0.15) is 0 Å². The van der Waals surface area contributed by atoms with Gasteiger partial charge in [-0.3, -0.25) is 4.79 Å². The number of hydrogen-bond donors (Lipinski definition) is 2. The van der Waals surface area contributed by atoms with Gasteiger partial charge in [0.15, 0.2) is 0 Å². The first-order valence-electron chi connectivity index (χ1n) is 6.64. The standard InChI is InChI=1S/C15H14ClFN2O3S/c1-2-9-3-5-10(6-4-9)19-15(20)11-7-14(23(18,21)22)12(16)8-13(11)17/h3-8H,2H2,1H3,(H,19,20)(H2,18,21,22). The van der Waals surface area contributed by atoms with E-state index in [0.29, 0.717) is 5.69 Å². The Morgan fingerprint density at radius 1 is 1.26 bits per heavy atom. The number of aryl methyl sites for hydroxylation is 1. The lowest BCUT2D eigenvalue weighted by molar-refractivity contribution is 0.102. The van der Waals surface area contributed by atoms with Crippen molar-refractivity contribution in [3.05, 3.63) is 58.4 Å². The lowest BCUT2D eigenvalue weighted by Crippen LogP contribution is -2.18. The maximum Gasteiger partial charge on any atom is 0.258 e. The average Bonchev–Trinajstić information content (AvgIpc) is 2.46. The number of halogens is 2. The Balaban J connectivity index is 2.35. The molecule has 0 aliphatic carbocycles. The number of nitrogens with two attached hydrogens (primary N) is 1. The molecule has 122 valence electrons. The summed E-state index contributed by atoms with van der Waals surface area (Å²) in [6, 6.07) is 8.56. The van der Waals surface area contributed by atoms with Crippen LogP contribution in [-0.2, 0) is 16.4 Å². The zero-order valence-corrected chi connectivity index (χ0v) is 13.7. The molecule has 0 unspecified atom stereocenters. The van der Waals surface area contributed by atoms with E-state index in [1.807, 2.05) is 19.1 Å². The summed E-state index contributed by atoms with van der Waals surface area (Å²) in [7, 11) is -4.17. The molecule has 0 aliphatic rings. The summed E-state index contributed by atoms with van der Waals surface area (Å²) in [5.74, 6) is -1.74. The molecule has 0 aliphatic heterocycles. The Kier molecular flexibility index (Phi) is 5.03. The zero-order chi connectivity index (χ0) is 17.2. The van der Waals surface area contributed by atoms with E-state index >= 15 is 0 Å². The highest BCUT2D eigenvalue weighted by atomic mass is 35.5. The first kappa shape index (κ1) is 17.4. The van der Waals surface area contributed by atoms with Crippen molar-refractivity contribution in [2.75, 3.05) is 5.32 Å². The van der Waals surface area contributed by atoms with Crippen LogP contribution in [0.3, 0.4) is 0 Å². The fraction of sp³-hybridized carbons (Fsp3) is 0.133. The van der Waals surface area contributed by atoms with Crippen LogP contribution in [0.2, 0.25) is 5.02 Å².